The lowest BCUT2D eigenvalue weighted by Crippen LogP contribution is -2.29. The summed E-state index contributed by atoms with van der Waals surface area (Å²) in [6.45, 7) is 3.72. The van der Waals surface area contributed by atoms with Crippen LogP contribution in [0.2, 0.25) is 0 Å². The first-order valence-electron chi connectivity index (χ1n) is 9.07. The average molecular weight is 356 g/mol. The van der Waals surface area contributed by atoms with E-state index in [-0.39, 0.29) is 11.5 Å². The third kappa shape index (κ3) is 4.82. The highest BCUT2D eigenvalue weighted by Gasteiger charge is 2.13. The van der Waals surface area contributed by atoms with E-state index in [0.717, 1.165) is 12.1 Å². The van der Waals surface area contributed by atoms with Crippen LogP contribution in [0, 0.1) is 5.82 Å². The van der Waals surface area contributed by atoms with E-state index in [1.807, 2.05) is 12.1 Å². The van der Waals surface area contributed by atoms with Gasteiger partial charge in [0.05, 0.1) is 12.7 Å². The largest absolute Gasteiger partial charge is 0.496 e. The number of hydrogen-bond acceptors (Lipinski definition) is 3. The lowest BCUT2D eigenvalue weighted by molar-refractivity contribution is 0.0947. The third-order valence-electron chi connectivity index (χ3n) is 4.74. The van der Waals surface area contributed by atoms with Crippen molar-refractivity contribution >= 4 is 5.91 Å². The number of halogens is 1. The molecule has 0 unspecified atom stereocenters. The molecule has 1 saturated heterocycles. The number of benzene rings is 2. The summed E-state index contributed by atoms with van der Waals surface area (Å²) >= 11 is 0. The van der Waals surface area contributed by atoms with Crippen LogP contribution in [0.5, 0.6) is 5.75 Å². The standard InChI is InChI=1S/C21H25FN2O2/c1-26-20-10-9-18(22)13-19(20)21(25)23-14-16-5-7-17(8-6-16)15-24-11-3-2-4-12-24/h5-10,13H,2-4,11-12,14-15H2,1H3,(H,23,25). The number of nitrogens with one attached hydrogen (secondary N) is 1. The average Bonchev–Trinajstić information content (AvgIpc) is 2.68. The molecule has 0 radical (unpaired) electrons. The van der Waals surface area contributed by atoms with Crippen LogP contribution in [0.1, 0.15) is 40.7 Å². The summed E-state index contributed by atoms with van der Waals surface area (Å²) in [4.78, 5) is 14.8. The van der Waals surface area contributed by atoms with Crippen molar-refractivity contribution < 1.29 is 13.9 Å². The molecule has 0 bridgehead atoms. The van der Waals surface area contributed by atoms with E-state index in [4.69, 9.17) is 4.74 Å². The molecule has 1 fully saturated rings. The van der Waals surface area contributed by atoms with E-state index >= 15 is 0 Å². The van der Waals surface area contributed by atoms with Crippen LogP contribution in [0.4, 0.5) is 4.39 Å². The Kier molecular flexibility index (Phi) is 6.23. The lowest BCUT2D eigenvalue weighted by atomic mass is 10.1. The molecule has 138 valence electrons. The second-order valence-electron chi connectivity index (χ2n) is 6.68. The van der Waals surface area contributed by atoms with Gasteiger partial charge in [0.2, 0.25) is 0 Å². The first kappa shape index (κ1) is 18.4. The first-order chi connectivity index (χ1) is 12.7. The van der Waals surface area contributed by atoms with Gasteiger partial charge in [-0.3, -0.25) is 9.69 Å². The minimum Gasteiger partial charge on any atom is -0.496 e. The molecular weight excluding hydrogens is 331 g/mol. The Morgan fingerprint density at radius 2 is 1.77 bits per heavy atom. The van der Waals surface area contributed by atoms with Crippen LogP contribution in [-0.2, 0) is 13.1 Å². The molecule has 3 rings (SSSR count). The Morgan fingerprint density at radius 3 is 2.46 bits per heavy atom. The van der Waals surface area contributed by atoms with Gasteiger partial charge in [0.25, 0.3) is 5.91 Å². The molecule has 1 heterocycles. The second-order valence-corrected chi connectivity index (χ2v) is 6.68. The number of likely N-dealkylation sites (tertiary alicyclic amines) is 1. The van der Waals surface area contributed by atoms with E-state index in [2.05, 4.69) is 22.3 Å². The third-order valence-corrected chi connectivity index (χ3v) is 4.74. The van der Waals surface area contributed by atoms with E-state index < -0.39 is 5.82 Å². The summed E-state index contributed by atoms with van der Waals surface area (Å²) in [6, 6.07) is 12.2. The Labute approximate surface area is 154 Å². The van der Waals surface area contributed by atoms with Gasteiger partial charge in [0.1, 0.15) is 11.6 Å². The van der Waals surface area contributed by atoms with Gasteiger partial charge in [0.15, 0.2) is 0 Å². The van der Waals surface area contributed by atoms with E-state index in [1.54, 1.807) is 0 Å². The van der Waals surface area contributed by atoms with Gasteiger partial charge in [-0.05, 0) is 55.3 Å². The maximum atomic E-state index is 13.4. The molecule has 2 aromatic rings. The van der Waals surface area contributed by atoms with Crippen LogP contribution in [0.3, 0.4) is 0 Å². The van der Waals surface area contributed by atoms with Gasteiger partial charge >= 0.3 is 0 Å². The van der Waals surface area contributed by atoms with E-state index in [0.29, 0.717) is 12.3 Å². The topological polar surface area (TPSA) is 41.6 Å². The predicted octanol–water partition coefficient (Wildman–Crippen LogP) is 3.75. The van der Waals surface area contributed by atoms with Crippen molar-refractivity contribution in [3.05, 3.63) is 65.0 Å². The molecule has 1 amide bonds. The van der Waals surface area contributed by atoms with Crippen LogP contribution in [-0.4, -0.2) is 31.0 Å². The fraction of sp³-hybridized carbons (Fsp3) is 0.381. The van der Waals surface area contributed by atoms with Crippen molar-refractivity contribution in [3.8, 4) is 5.75 Å². The number of methoxy groups -OCH3 is 1. The van der Waals surface area contributed by atoms with Gasteiger partial charge < -0.3 is 10.1 Å². The number of ether oxygens (including phenoxy) is 1. The second kappa shape index (κ2) is 8.81. The maximum absolute atomic E-state index is 13.4. The molecule has 0 aromatic heterocycles. The highest BCUT2D eigenvalue weighted by molar-refractivity contribution is 5.96. The van der Waals surface area contributed by atoms with Gasteiger partial charge in [-0.15, -0.1) is 0 Å². The quantitative estimate of drug-likeness (QED) is 0.857. The fourth-order valence-electron chi connectivity index (χ4n) is 3.27. The molecule has 1 aliphatic rings. The summed E-state index contributed by atoms with van der Waals surface area (Å²) in [6.07, 6.45) is 3.91. The maximum Gasteiger partial charge on any atom is 0.255 e. The first-order valence-corrected chi connectivity index (χ1v) is 9.07. The summed E-state index contributed by atoms with van der Waals surface area (Å²) in [5.74, 6) is -0.447. The zero-order valence-corrected chi connectivity index (χ0v) is 15.1. The number of amides is 1. The number of carbonyl (C=O) groups is 1. The predicted molar refractivity (Wildman–Crippen MR) is 99.7 cm³/mol. The highest BCUT2D eigenvalue weighted by Crippen LogP contribution is 2.19. The monoisotopic (exact) mass is 356 g/mol. The number of nitrogens with zero attached hydrogens (tertiary/aromatic N) is 1. The Hall–Kier alpha value is -2.40. The number of rotatable bonds is 6. The molecule has 0 spiro atoms. The van der Waals surface area contributed by atoms with E-state index in [9.17, 15) is 9.18 Å². The molecule has 0 atom stereocenters. The molecule has 4 nitrogen and oxygen atoms in total. The zero-order chi connectivity index (χ0) is 18.4. The highest BCUT2D eigenvalue weighted by atomic mass is 19.1. The molecule has 5 heteroatoms. The molecular formula is C21H25FN2O2. The van der Waals surface area contributed by atoms with Crippen LogP contribution >= 0.6 is 0 Å². The SMILES string of the molecule is COc1ccc(F)cc1C(=O)NCc1ccc(CN2CCCCC2)cc1. The normalized spacial score (nSPS) is 14.8. The molecule has 1 N–H and O–H groups in total. The van der Waals surface area contributed by atoms with Crippen molar-refractivity contribution in [2.45, 2.75) is 32.4 Å². The molecule has 2 aromatic carbocycles. The minimum absolute atomic E-state index is 0.203. The molecule has 26 heavy (non-hydrogen) atoms. The summed E-state index contributed by atoms with van der Waals surface area (Å²) in [5.41, 5.74) is 2.50. The Balaban J connectivity index is 1.56. The Morgan fingerprint density at radius 1 is 1.08 bits per heavy atom. The van der Waals surface area contributed by atoms with Crippen LogP contribution in [0.15, 0.2) is 42.5 Å². The smallest absolute Gasteiger partial charge is 0.255 e. The zero-order valence-electron chi connectivity index (χ0n) is 15.1. The number of piperidine rings is 1. The van der Waals surface area contributed by atoms with Gasteiger partial charge in [-0.25, -0.2) is 4.39 Å². The van der Waals surface area contributed by atoms with Crippen LogP contribution in [0.25, 0.3) is 0 Å². The van der Waals surface area contributed by atoms with Crippen molar-refractivity contribution in [3.63, 3.8) is 0 Å². The summed E-state index contributed by atoms with van der Waals surface area (Å²) in [7, 11) is 1.46. The van der Waals surface area contributed by atoms with Gasteiger partial charge in [-0.1, -0.05) is 30.7 Å². The lowest BCUT2D eigenvalue weighted by Gasteiger charge is -2.26. The number of carbonyl (C=O) groups excluding carboxylic acids is 1. The Bertz CT molecular complexity index is 740. The molecule has 0 aliphatic carbocycles. The molecule has 1 aliphatic heterocycles. The summed E-state index contributed by atoms with van der Waals surface area (Å²) in [5, 5.41) is 2.82. The van der Waals surface area contributed by atoms with Gasteiger partial charge in [-0.2, -0.15) is 0 Å². The fourth-order valence-corrected chi connectivity index (χ4v) is 3.27. The van der Waals surface area contributed by atoms with E-state index in [1.165, 1.54) is 63.2 Å². The van der Waals surface area contributed by atoms with Crippen molar-refractivity contribution in [1.82, 2.24) is 10.2 Å². The van der Waals surface area contributed by atoms with Gasteiger partial charge in [0, 0.05) is 13.1 Å². The van der Waals surface area contributed by atoms with Crippen molar-refractivity contribution in [2.75, 3.05) is 20.2 Å². The van der Waals surface area contributed by atoms with Crippen molar-refractivity contribution in [2.24, 2.45) is 0 Å². The minimum atomic E-state index is -0.460. The van der Waals surface area contributed by atoms with Crippen molar-refractivity contribution in [1.29, 1.82) is 0 Å². The molecule has 0 saturated carbocycles. The van der Waals surface area contributed by atoms with Crippen LogP contribution < -0.4 is 10.1 Å². The number of hydrogen-bond donors (Lipinski definition) is 1. The summed E-state index contributed by atoms with van der Waals surface area (Å²) < 4.78 is 18.5.